The third kappa shape index (κ3) is 4.01. The third-order valence-corrected chi connectivity index (χ3v) is 5.50. The minimum atomic E-state index is -0.142. The van der Waals surface area contributed by atoms with Gasteiger partial charge in [0.1, 0.15) is 10.7 Å². The molecule has 0 aliphatic carbocycles. The molecule has 4 rings (SSSR count). The number of carbonyl (C=O) groups excluding carboxylic acids is 1. The standard InChI is InChI=1S/C22H16ClN3OS/c23-18-12-6-7-13-19(18)24-20(27)14-28-22-17-11-5-4-10-16(17)21(25-26-22)15-8-2-1-3-9-15/h1-13H,14H2,(H,24,27). The van der Waals surface area contributed by atoms with Crippen LogP contribution < -0.4 is 5.32 Å². The zero-order valence-corrected chi connectivity index (χ0v) is 16.4. The van der Waals surface area contributed by atoms with E-state index < -0.39 is 0 Å². The van der Waals surface area contributed by atoms with Crippen LogP contribution in [0.25, 0.3) is 22.0 Å². The molecule has 6 heteroatoms. The van der Waals surface area contributed by atoms with Crippen molar-refractivity contribution in [2.24, 2.45) is 0 Å². The van der Waals surface area contributed by atoms with Gasteiger partial charge in [-0.3, -0.25) is 4.79 Å². The van der Waals surface area contributed by atoms with E-state index in [0.717, 1.165) is 27.1 Å². The molecule has 0 saturated carbocycles. The second-order valence-corrected chi connectivity index (χ2v) is 7.45. The Labute approximate surface area is 172 Å². The predicted molar refractivity (Wildman–Crippen MR) is 116 cm³/mol. The molecule has 1 amide bonds. The first kappa shape index (κ1) is 18.5. The molecule has 28 heavy (non-hydrogen) atoms. The number of nitrogens with zero attached hydrogens (tertiary/aromatic N) is 2. The van der Waals surface area contributed by atoms with Crippen molar-refractivity contribution in [3.8, 4) is 11.3 Å². The van der Waals surface area contributed by atoms with Gasteiger partial charge in [-0.05, 0) is 12.1 Å². The van der Waals surface area contributed by atoms with Crippen molar-refractivity contribution in [1.82, 2.24) is 10.2 Å². The van der Waals surface area contributed by atoms with Crippen molar-refractivity contribution in [3.05, 3.63) is 83.9 Å². The van der Waals surface area contributed by atoms with Gasteiger partial charge in [-0.2, -0.15) is 0 Å². The largest absolute Gasteiger partial charge is 0.324 e. The van der Waals surface area contributed by atoms with Crippen LogP contribution in [0.4, 0.5) is 5.69 Å². The molecule has 0 saturated heterocycles. The number of carbonyl (C=O) groups is 1. The van der Waals surface area contributed by atoms with E-state index in [2.05, 4.69) is 15.5 Å². The Balaban J connectivity index is 1.57. The highest BCUT2D eigenvalue weighted by atomic mass is 35.5. The number of anilines is 1. The minimum absolute atomic E-state index is 0.142. The van der Waals surface area contributed by atoms with Gasteiger partial charge in [0.05, 0.1) is 16.5 Å². The lowest BCUT2D eigenvalue weighted by Gasteiger charge is -2.10. The molecule has 1 aromatic heterocycles. The summed E-state index contributed by atoms with van der Waals surface area (Å²) in [6, 6.07) is 25.1. The van der Waals surface area contributed by atoms with Crippen LogP contribution in [0.1, 0.15) is 0 Å². The predicted octanol–water partition coefficient (Wildman–Crippen LogP) is 5.68. The molecule has 1 N–H and O–H groups in total. The molecular formula is C22H16ClN3OS. The van der Waals surface area contributed by atoms with E-state index in [1.165, 1.54) is 11.8 Å². The topological polar surface area (TPSA) is 54.9 Å². The third-order valence-electron chi connectivity index (χ3n) is 4.19. The zero-order valence-electron chi connectivity index (χ0n) is 14.8. The number of benzene rings is 3. The number of amides is 1. The highest BCUT2D eigenvalue weighted by molar-refractivity contribution is 8.00. The molecule has 4 nitrogen and oxygen atoms in total. The number of aromatic nitrogens is 2. The molecule has 0 radical (unpaired) electrons. The summed E-state index contributed by atoms with van der Waals surface area (Å²) in [5.74, 6) is 0.0744. The number of halogens is 1. The molecule has 0 aliphatic heterocycles. The van der Waals surface area contributed by atoms with E-state index in [1.54, 1.807) is 12.1 Å². The van der Waals surface area contributed by atoms with Crippen LogP contribution in [0.3, 0.4) is 0 Å². The van der Waals surface area contributed by atoms with Crippen LogP contribution in [0.5, 0.6) is 0 Å². The van der Waals surface area contributed by atoms with Crippen molar-refractivity contribution in [2.45, 2.75) is 5.03 Å². The molecule has 0 atom stereocenters. The minimum Gasteiger partial charge on any atom is -0.324 e. The summed E-state index contributed by atoms with van der Waals surface area (Å²) >= 11 is 7.45. The van der Waals surface area contributed by atoms with Crippen molar-refractivity contribution < 1.29 is 4.79 Å². The lowest BCUT2D eigenvalue weighted by molar-refractivity contribution is -0.113. The number of hydrogen-bond acceptors (Lipinski definition) is 4. The van der Waals surface area contributed by atoms with E-state index in [9.17, 15) is 4.79 Å². The van der Waals surface area contributed by atoms with Crippen LogP contribution in [0.15, 0.2) is 83.9 Å². The Morgan fingerprint density at radius 2 is 1.54 bits per heavy atom. The normalized spacial score (nSPS) is 10.8. The Morgan fingerprint density at radius 1 is 0.857 bits per heavy atom. The van der Waals surface area contributed by atoms with Gasteiger partial charge >= 0.3 is 0 Å². The Hall–Kier alpha value is -2.89. The van der Waals surface area contributed by atoms with E-state index in [1.807, 2.05) is 66.7 Å². The first-order chi connectivity index (χ1) is 13.7. The molecule has 0 unspecified atom stereocenters. The lowest BCUT2D eigenvalue weighted by atomic mass is 10.1. The number of nitrogens with one attached hydrogen (secondary N) is 1. The quantitative estimate of drug-likeness (QED) is 0.434. The number of fused-ring (bicyclic) bond motifs is 1. The fourth-order valence-corrected chi connectivity index (χ4v) is 3.83. The summed E-state index contributed by atoms with van der Waals surface area (Å²) in [5, 5.41) is 14.9. The molecule has 1 heterocycles. The second-order valence-electron chi connectivity index (χ2n) is 6.08. The van der Waals surface area contributed by atoms with Gasteiger partial charge in [0.15, 0.2) is 0 Å². The molecule has 0 fully saturated rings. The van der Waals surface area contributed by atoms with E-state index in [-0.39, 0.29) is 11.7 Å². The Kier molecular flexibility index (Phi) is 5.55. The summed E-state index contributed by atoms with van der Waals surface area (Å²) in [7, 11) is 0. The molecule has 4 aromatic rings. The van der Waals surface area contributed by atoms with Gasteiger partial charge in [-0.25, -0.2) is 0 Å². The van der Waals surface area contributed by atoms with E-state index in [4.69, 9.17) is 11.6 Å². The average molecular weight is 406 g/mol. The van der Waals surface area contributed by atoms with Crippen LogP contribution in [-0.2, 0) is 4.79 Å². The first-order valence-corrected chi connectivity index (χ1v) is 10.1. The summed E-state index contributed by atoms with van der Waals surface area (Å²) < 4.78 is 0. The van der Waals surface area contributed by atoms with Crippen LogP contribution in [0, 0.1) is 0 Å². The van der Waals surface area contributed by atoms with Gasteiger partial charge < -0.3 is 5.32 Å². The second kappa shape index (κ2) is 8.42. The number of para-hydroxylation sites is 1. The van der Waals surface area contributed by atoms with Crippen LogP contribution in [-0.4, -0.2) is 21.9 Å². The first-order valence-electron chi connectivity index (χ1n) is 8.70. The van der Waals surface area contributed by atoms with Crippen molar-refractivity contribution >= 4 is 45.7 Å². The molecule has 0 bridgehead atoms. The highest BCUT2D eigenvalue weighted by Gasteiger charge is 2.13. The van der Waals surface area contributed by atoms with E-state index in [0.29, 0.717) is 10.7 Å². The summed E-state index contributed by atoms with van der Waals surface area (Å²) in [6.45, 7) is 0. The van der Waals surface area contributed by atoms with Crippen molar-refractivity contribution in [2.75, 3.05) is 11.1 Å². The van der Waals surface area contributed by atoms with Crippen LogP contribution >= 0.6 is 23.4 Å². The maximum atomic E-state index is 12.3. The fraction of sp³-hybridized carbons (Fsp3) is 0.0455. The van der Waals surface area contributed by atoms with Gasteiger partial charge in [-0.15, -0.1) is 10.2 Å². The summed E-state index contributed by atoms with van der Waals surface area (Å²) in [6.07, 6.45) is 0. The molecule has 0 spiro atoms. The van der Waals surface area contributed by atoms with Gasteiger partial charge in [0, 0.05) is 16.3 Å². The molecule has 138 valence electrons. The highest BCUT2D eigenvalue weighted by Crippen LogP contribution is 2.31. The van der Waals surface area contributed by atoms with Gasteiger partial charge in [0.25, 0.3) is 0 Å². The Bertz CT molecular complexity index is 1130. The van der Waals surface area contributed by atoms with Crippen molar-refractivity contribution in [3.63, 3.8) is 0 Å². The lowest BCUT2D eigenvalue weighted by Crippen LogP contribution is -2.14. The van der Waals surface area contributed by atoms with Gasteiger partial charge in [-0.1, -0.05) is 90.1 Å². The van der Waals surface area contributed by atoms with Crippen molar-refractivity contribution in [1.29, 1.82) is 0 Å². The average Bonchev–Trinajstić information content (AvgIpc) is 2.74. The zero-order chi connectivity index (χ0) is 19.3. The number of rotatable bonds is 5. The smallest absolute Gasteiger partial charge is 0.234 e. The molecule has 0 aliphatic rings. The maximum absolute atomic E-state index is 12.3. The van der Waals surface area contributed by atoms with E-state index >= 15 is 0 Å². The number of thioether (sulfide) groups is 1. The summed E-state index contributed by atoms with van der Waals surface area (Å²) in [5.41, 5.74) is 2.45. The molecular weight excluding hydrogens is 390 g/mol. The van der Waals surface area contributed by atoms with Gasteiger partial charge in [0.2, 0.25) is 5.91 Å². The van der Waals surface area contributed by atoms with Crippen LogP contribution in [0.2, 0.25) is 5.02 Å². The number of hydrogen-bond donors (Lipinski definition) is 1. The molecule has 3 aromatic carbocycles. The SMILES string of the molecule is O=C(CSc1nnc(-c2ccccc2)c2ccccc12)Nc1ccccc1Cl. The maximum Gasteiger partial charge on any atom is 0.234 e. The summed E-state index contributed by atoms with van der Waals surface area (Å²) in [4.78, 5) is 12.3. The Morgan fingerprint density at radius 3 is 2.32 bits per heavy atom. The fourth-order valence-electron chi connectivity index (χ4n) is 2.88. The monoisotopic (exact) mass is 405 g/mol.